The van der Waals surface area contributed by atoms with Gasteiger partial charge in [-0.2, -0.15) is 0 Å². The summed E-state index contributed by atoms with van der Waals surface area (Å²) in [5.41, 5.74) is 7.45. The van der Waals surface area contributed by atoms with Crippen molar-refractivity contribution in [3.05, 3.63) is 51.9 Å². The van der Waals surface area contributed by atoms with E-state index in [1.807, 2.05) is 44.2 Å². The van der Waals surface area contributed by atoms with Crippen LogP contribution >= 0.6 is 11.3 Å². The van der Waals surface area contributed by atoms with Gasteiger partial charge in [0.05, 0.1) is 5.56 Å². The Morgan fingerprint density at radius 3 is 2.55 bits per heavy atom. The molecule has 2 amide bonds. The summed E-state index contributed by atoms with van der Waals surface area (Å²) in [5.74, 6) is 4.29. The second kappa shape index (κ2) is 6.92. The highest BCUT2D eigenvalue weighted by Gasteiger charge is 2.19. The molecule has 0 fully saturated rings. The third-order valence-electron chi connectivity index (χ3n) is 3.13. The number of hydrogen-bond acceptors (Lipinski definition) is 3. The number of primary amides is 1. The number of thiophene rings is 1. The average molecular weight is 312 g/mol. The molecule has 0 aliphatic rings. The Labute approximate surface area is 133 Å². The average Bonchev–Trinajstić information content (AvgIpc) is 2.81. The van der Waals surface area contributed by atoms with Crippen LogP contribution in [0.25, 0.3) is 0 Å². The maximum atomic E-state index is 11.9. The molecule has 112 valence electrons. The van der Waals surface area contributed by atoms with E-state index in [1.165, 1.54) is 11.3 Å². The van der Waals surface area contributed by atoms with Crippen LogP contribution in [0.5, 0.6) is 0 Å². The van der Waals surface area contributed by atoms with Gasteiger partial charge in [-0.3, -0.25) is 9.59 Å². The standard InChI is InChI=1S/C17H16N2O2S/c1-3-13-11(2)22-17(15(13)16(18)21)19-14(20)10-9-12-7-5-4-6-8-12/h4-8H,3H2,1-2H3,(H2,18,21)(H,19,20). The van der Waals surface area contributed by atoms with Crippen LogP contribution < -0.4 is 11.1 Å². The molecule has 1 heterocycles. The fourth-order valence-electron chi connectivity index (χ4n) is 2.14. The van der Waals surface area contributed by atoms with Crippen molar-refractivity contribution in [1.29, 1.82) is 0 Å². The summed E-state index contributed by atoms with van der Waals surface area (Å²) in [7, 11) is 0. The van der Waals surface area contributed by atoms with Gasteiger partial charge in [-0.1, -0.05) is 31.0 Å². The molecule has 0 unspecified atom stereocenters. The zero-order valence-electron chi connectivity index (χ0n) is 12.4. The topological polar surface area (TPSA) is 72.2 Å². The van der Waals surface area contributed by atoms with E-state index >= 15 is 0 Å². The first kappa shape index (κ1) is 15.8. The van der Waals surface area contributed by atoms with E-state index in [1.54, 1.807) is 0 Å². The molecule has 1 aromatic heterocycles. The lowest BCUT2D eigenvalue weighted by Gasteiger charge is -2.02. The van der Waals surface area contributed by atoms with Crippen LogP contribution in [-0.4, -0.2) is 11.8 Å². The van der Waals surface area contributed by atoms with Crippen LogP contribution in [0.4, 0.5) is 5.00 Å². The second-order valence-corrected chi connectivity index (χ2v) is 5.85. The van der Waals surface area contributed by atoms with Crippen LogP contribution in [0.3, 0.4) is 0 Å². The first-order valence-electron chi connectivity index (χ1n) is 6.83. The van der Waals surface area contributed by atoms with E-state index in [4.69, 9.17) is 5.73 Å². The lowest BCUT2D eigenvalue weighted by Crippen LogP contribution is -2.17. The maximum Gasteiger partial charge on any atom is 0.301 e. The molecule has 0 saturated carbocycles. The number of carbonyl (C=O) groups is 2. The van der Waals surface area contributed by atoms with Crippen molar-refractivity contribution in [2.24, 2.45) is 5.73 Å². The molecular formula is C17H16N2O2S. The van der Waals surface area contributed by atoms with Gasteiger partial charge in [-0.15, -0.1) is 11.3 Å². The van der Waals surface area contributed by atoms with Crippen molar-refractivity contribution in [3.8, 4) is 11.8 Å². The number of carbonyl (C=O) groups excluding carboxylic acids is 2. The Kier molecular flexibility index (Phi) is 4.97. The predicted octanol–water partition coefficient (Wildman–Crippen LogP) is 2.71. The Hall–Kier alpha value is -2.58. The molecule has 0 saturated heterocycles. The van der Waals surface area contributed by atoms with Gasteiger partial charge in [-0.25, -0.2) is 0 Å². The molecule has 2 aromatic rings. The van der Waals surface area contributed by atoms with Gasteiger partial charge >= 0.3 is 5.91 Å². The molecule has 0 spiro atoms. The van der Waals surface area contributed by atoms with Crippen molar-refractivity contribution in [2.75, 3.05) is 5.32 Å². The summed E-state index contributed by atoms with van der Waals surface area (Å²) in [5, 5.41) is 3.13. The molecule has 2 rings (SSSR count). The van der Waals surface area contributed by atoms with Crippen LogP contribution in [-0.2, 0) is 11.2 Å². The highest BCUT2D eigenvalue weighted by atomic mass is 32.1. The largest absolute Gasteiger partial charge is 0.365 e. The maximum absolute atomic E-state index is 11.9. The minimum atomic E-state index is -0.535. The molecule has 4 nitrogen and oxygen atoms in total. The number of nitrogens with one attached hydrogen (secondary N) is 1. The van der Waals surface area contributed by atoms with E-state index in [-0.39, 0.29) is 0 Å². The SMILES string of the molecule is CCc1c(C)sc(NC(=O)C#Cc2ccccc2)c1C(N)=O. The lowest BCUT2D eigenvalue weighted by atomic mass is 10.1. The van der Waals surface area contributed by atoms with Crippen LogP contribution in [0, 0.1) is 18.8 Å². The van der Waals surface area contributed by atoms with E-state index in [0.29, 0.717) is 17.0 Å². The van der Waals surface area contributed by atoms with Gasteiger partial charge in [0.2, 0.25) is 0 Å². The monoisotopic (exact) mass is 312 g/mol. The quantitative estimate of drug-likeness (QED) is 0.855. The van der Waals surface area contributed by atoms with E-state index in [2.05, 4.69) is 17.2 Å². The highest BCUT2D eigenvalue weighted by molar-refractivity contribution is 7.16. The molecule has 0 aliphatic heterocycles. The Morgan fingerprint density at radius 2 is 1.95 bits per heavy atom. The second-order valence-electron chi connectivity index (χ2n) is 4.63. The number of rotatable bonds is 3. The van der Waals surface area contributed by atoms with Gasteiger partial charge in [-0.05, 0) is 31.0 Å². The van der Waals surface area contributed by atoms with Crippen LogP contribution in [0.2, 0.25) is 0 Å². The summed E-state index contributed by atoms with van der Waals surface area (Å²) < 4.78 is 0. The van der Waals surface area contributed by atoms with E-state index in [9.17, 15) is 9.59 Å². The van der Waals surface area contributed by atoms with Gasteiger partial charge in [0, 0.05) is 16.4 Å². The lowest BCUT2D eigenvalue weighted by molar-refractivity contribution is -0.111. The normalized spacial score (nSPS) is 9.73. The Morgan fingerprint density at radius 1 is 1.27 bits per heavy atom. The number of benzene rings is 1. The summed E-state index contributed by atoms with van der Waals surface area (Å²) in [4.78, 5) is 24.5. The molecule has 0 atom stereocenters. The van der Waals surface area contributed by atoms with Crippen molar-refractivity contribution < 1.29 is 9.59 Å². The zero-order chi connectivity index (χ0) is 16.1. The molecule has 22 heavy (non-hydrogen) atoms. The number of anilines is 1. The van der Waals surface area contributed by atoms with E-state index in [0.717, 1.165) is 16.0 Å². The summed E-state index contributed by atoms with van der Waals surface area (Å²) >= 11 is 1.34. The molecule has 1 aromatic carbocycles. The fourth-order valence-corrected chi connectivity index (χ4v) is 3.28. The van der Waals surface area contributed by atoms with Crippen molar-refractivity contribution in [1.82, 2.24) is 0 Å². The zero-order valence-corrected chi connectivity index (χ0v) is 13.2. The van der Waals surface area contributed by atoms with Crippen molar-refractivity contribution >= 4 is 28.2 Å². The molecule has 0 radical (unpaired) electrons. The third kappa shape index (κ3) is 3.54. The molecule has 3 N–H and O–H groups in total. The number of nitrogens with two attached hydrogens (primary N) is 1. The minimum Gasteiger partial charge on any atom is -0.365 e. The number of amides is 2. The first-order chi connectivity index (χ1) is 10.5. The Balaban J connectivity index is 2.23. The Bertz CT molecular complexity index is 767. The third-order valence-corrected chi connectivity index (χ3v) is 4.19. The van der Waals surface area contributed by atoms with Crippen LogP contribution in [0.1, 0.15) is 33.3 Å². The summed E-state index contributed by atoms with van der Waals surface area (Å²) in [6, 6.07) is 9.22. The molecule has 0 bridgehead atoms. The fraction of sp³-hybridized carbons (Fsp3) is 0.176. The van der Waals surface area contributed by atoms with Crippen molar-refractivity contribution in [2.45, 2.75) is 20.3 Å². The number of aryl methyl sites for hydroxylation is 1. The molecular weight excluding hydrogens is 296 g/mol. The van der Waals surface area contributed by atoms with Gasteiger partial charge in [0.1, 0.15) is 5.00 Å². The van der Waals surface area contributed by atoms with Crippen molar-refractivity contribution in [3.63, 3.8) is 0 Å². The summed E-state index contributed by atoms with van der Waals surface area (Å²) in [6.07, 6.45) is 0.687. The summed E-state index contributed by atoms with van der Waals surface area (Å²) in [6.45, 7) is 3.85. The molecule has 5 heteroatoms. The minimum absolute atomic E-state index is 0.389. The van der Waals surface area contributed by atoms with Gasteiger partial charge in [0.15, 0.2) is 0 Å². The van der Waals surface area contributed by atoms with Gasteiger partial charge < -0.3 is 11.1 Å². The number of hydrogen-bond donors (Lipinski definition) is 2. The predicted molar refractivity (Wildman–Crippen MR) is 88.9 cm³/mol. The van der Waals surface area contributed by atoms with Crippen LogP contribution in [0.15, 0.2) is 30.3 Å². The smallest absolute Gasteiger partial charge is 0.301 e. The van der Waals surface area contributed by atoms with E-state index < -0.39 is 11.8 Å². The first-order valence-corrected chi connectivity index (χ1v) is 7.64. The molecule has 0 aliphatic carbocycles. The highest BCUT2D eigenvalue weighted by Crippen LogP contribution is 2.32. The van der Waals surface area contributed by atoms with Gasteiger partial charge in [0.25, 0.3) is 5.91 Å².